The fourth-order valence-corrected chi connectivity index (χ4v) is 2.61. The van der Waals surface area contributed by atoms with Crippen LogP contribution in [-0.2, 0) is 4.79 Å². The van der Waals surface area contributed by atoms with Crippen LogP contribution < -0.4 is 10.1 Å². The van der Waals surface area contributed by atoms with E-state index in [2.05, 4.69) is 15.5 Å². The molecule has 2 aromatic heterocycles. The van der Waals surface area contributed by atoms with E-state index in [1.807, 2.05) is 6.07 Å². The van der Waals surface area contributed by atoms with Crippen molar-refractivity contribution in [1.29, 1.82) is 0 Å². The third-order valence-electron chi connectivity index (χ3n) is 3.77. The van der Waals surface area contributed by atoms with Gasteiger partial charge in [-0.2, -0.15) is 4.98 Å². The number of rotatable bonds is 6. The Morgan fingerprint density at radius 1 is 1.07 bits per heavy atom. The molecule has 0 spiro atoms. The minimum absolute atomic E-state index is 0.178. The summed E-state index contributed by atoms with van der Waals surface area (Å²) >= 11 is 5.84. The zero-order chi connectivity index (χ0) is 19.3. The zero-order valence-electron chi connectivity index (χ0n) is 14.5. The van der Waals surface area contributed by atoms with Gasteiger partial charge in [0.25, 0.3) is 11.8 Å². The number of furan rings is 1. The number of halogens is 1. The summed E-state index contributed by atoms with van der Waals surface area (Å²) in [7, 11) is 0. The van der Waals surface area contributed by atoms with Crippen LogP contribution in [0.1, 0.15) is 0 Å². The average Bonchev–Trinajstić information content (AvgIpc) is 3.40. The predicted octanol–water partition coefficient (Wildman–Crippen LogP) is 4.67. The van der Waals surface area contributed by atoms with E-state index in [1.54, 1.807) is 54.6 Å². The van der Waals surface area contributed by atoms with Gasteiger partial charge in [-0.05, 0) is 48.5 Å². The maximum absolute atomic E-state index is 12.1. The van der Waals surface area contributed by atoms with E-state index in [0.29, 0.717) is 33.6 Å². The molecule has 0 saturated carbocycles. The lowest BCUT2D eigenvalue weighted by Gasteiger charge is -2.10. The third kappa shape index (κ3) is 4.05. The van der Waals surface area contributed by atoms with Gasteiger partial charge in [-0.25, -0.2) is 0 Å². The summed E-state index contributed by atoms with van der Waals surface area (Å²) in [5, 5.41) is 7.30. The van der Waals surface area contributed by atoms with Crippen LogP contribution in [0, 0.1) is 0 Å². The smallest absolute Gasteiger partial charge is 0.293 e. The Morgan fingerprint density at radius 2 is 1.89 bits per heavy atom. The fourth-order valence-electron chi connectivity index (χ4n) is 2.48. The van der Waals surface area contributed by atoms with Crippen LogP contribution in [0.15, 0.2) is 75.9 Å². The second-order valence-electron chi connectivity index (χ2n) is 5.74. The first-order chi connectivity index (χ1) is 13.7. The van der Waals surface area contributed by atoms with Crippen LogP contribution in [0.4, 0.5) is 5.69 Å². The molecule has 140 valence electrons. The van der Waals surface area contributed by atoms with Crippen molar-refractivity contribution in [2.24, 2.45) is 0 Å². The topological polar surface area (TPSA) is 90.4 Å². The van der Waals surface area contributed by atoms with E-state index in [-0.39, 0.29) is 18.4 Å². The van der Waals surface area contributed by atoms with Crippen molar-refractivity contribution in [1.82, 2.24) is 10.1 Å². The number of amides is 1. The van der Waals surface area contributed by atoms with E-state index < -0.39 is 0 Å². The van der Waals surface area contributed by atoms with Crippen molar-refractivity contribution in [3.8, 4) is 28.8 Å². The molecule has 28 heavy (non-hydrogen) atoms. The highest BCUT2D eigenvalue weighted by atomic mass is 35.5. The Morgan fingerprint density at radius 3 is 2.68 bits per heavy atom. The molecule has 0 saturated heterocycles. The lowest BCUT2D eigenvalue weighted by atomic mass is 10.2. The first-order valence-corrected chi connectivity index (χ1v) is 8.72. The number of nitrogens with zero attached hydrogens (tertiary/aromatic N) is 2. The largest absolute Gasteiger partial charge is 0.483 e. The molecule has 1 amide bonds. The lowest BCUT2D eigenvalue weighted by molar-refractivity contribution is -0.118. The maximum Gasteiger partial charge on any atom is 0.293 e. The first-order valence-electron chi connectivity index (χ1n) is 8.34. The number of anilines is 1. The van der Waals surface area contributed by atoms with E-state index >= 15 is 0 Å². The molecule has 7 nitrogen and oxygen atoms in total. The van der Waals surface area contributed by atoms with Crippen molar-refractivity contribution in [2.45, 2.75) is 0 Å². The van der Waals surface area contributed by atoms with Gasteiger partial charge in [0.15, 0.2) is 12.4 Å². The minimum atomic E-state index is -0.304. The van der Waals surface area contributed by atoms with Crippen molar-refractivity contribution >= 4 is 23.2 Å². The molecule has 2 heterocycles. The molecule has 1 N–H and O–H groups in total. The molecule has 0 aliphatic heterocycles. The van der Waals surface area contributed by atoms with Gasteiger partial charge in [0.05, 0.1) is 11.8 Å². The summed E-state index contributed by atoms with van der Waals surface area (Å²) in [6.07, 6.45) is 1.52. The zero-order valence-corrected chi connectivity index (χ0v) is 15.2. The SMILES string of the molecule is O=C(COc1ccccc1-c1noc(-c2ccco2)n1)Nc1ccc(Cl)cc1. The molecule has 0 bridgehead atoms. The number of aromatic nitrogens is 2. The van der Waals surface area contributed by atoms with Gasteiger partial charge in [-0.3, -0.25) is 4.79 Å². The molecular formula is C20H14ClN3O4. The van der Waals surface area contributed by atoms with Gasteiger partial charge in [-0.15, -0.1) is 0 Å². The number of benzene rings is 2. The Kier molecular flexibility index (Phi) is 5.07. The van der Waals surface area contributed by atoms with Gasteiger partial charge >= 0.3 is 0 Å². The maximum atomic E-state index is 12.1. The second kappa shape index (κ2) is 7.98. The Hall–Kier alpha value is -3.58. The van der Waals surface area contributed by atoms with E-state index in [1.165, 1.54) is 6.26 Å². The molecule has 0 aliphatic carbocycles. The number of nitrogens with one attached hydrogen (secondary N) is 1. The van der Waals surface area contributed by atoms with Gasteiger partial charge in [0, 0.05) is 10.7 Å². The fraction of sp³-hybridized carbons (Fsp3) is 0.0500. The molecule has 8 heteroatoms. The standard InChI is InChI=1S/C20H14ClN3O4/c21-13-7-9-14(10-8-13)22-18(25)12-27-16-5-2-1-4-15(16)19-23-20(28-24-19)17-6-3-11-26-17/h1-11H,12H2,(H,22,25). The average molecular weight is 396 g/mol. The van der Waals surface area contributed by atoms with Gasteiger partial charge in [0.1, 0.15) is 5.75 Å². The third-order valence-corrected chi connectivity index (χ3v) is 4.02. The Balaban J connectivity index is 1.46. The highest BCUT2D eigenvalue weighted by molar-refractivity contribution is 6.30. The predicted molar refractivity (Wildman–Crippen MR) is 103 cm³/mol. The minimum Gasteiger partial charge on any atom is -0.483 e. The molecule has 4 aromatic rings. The monoisotopic (exact) mass is 395 g/mol. The Labute approximate surface area is 164 Å². The normalized spacial score (nSPS) is 10.6. The summed E-state index contributed by atoms with van der Waals surface area (Å²) in [4.78, 5) is 16.5. The summed E-state index contributed by atoms with van der Waals surface area (Å²) in [5.41, 5.74) is 1.23. The van der Waals surface area contributed by atoms with Crippen molar-refractivity contribution in [3.05, 3.63) is 71.9 Å². The highest BCUT2D eigenvalue weighted by Gasteiger charge is 2.16. The van der Waals surface area contributed by atoms with Crippen LogP contribution in [0.5, 0.6) is 5.75 Å². The number of hydrogen-bond donors (Lipinski definition) is 1. The summed E-state index contributed by atoms with van der Waals surface area (Å²) < 4.78 is 16.2. The summed E-state index contributed by atoms with van der Waals surface area (Å²) in [6.45, 7) is -0.178. The van der Waals surface area contributed by atoms with Crippen LogP contribution in [0.2, 0.25) is 5.02 Å². The van der Waals surface area contributed by atoms with Crippen LogP contribution in [-0.4, -0.2) is 22.7 Å². The number of carbonyl (C=O) groups is 1. The van der Waals surface area contributed by atoms with Crippen LogP contribution in [0.3, 0.4) is 0 Å². The molecule has 2 aromatic carbocycles. The number of para-hydroxylation sites is 1. The van der Waals surface area contributed by atoms with Crippen LogP contribution in [0.25, 0.3) is 23.0 Å². The summed E-state index contributed by atoms with van der Waals surface area (Å²) in [6, 6.07) is 17.4. The first kappa shape index (κ1) is 17.8. The lowest BCUT2D eigenvalue weighted by Crippen LogP contribution is -2.20. The second-order valence-corrected chi connectivity index (χ2v) is 6.18. The van der Waals surface area contributed by atoms with E-state index in [9.17, 15) is 4.79 Å². The molecule has 0 radical (unpaired) electrons. The molecule has 0 unspecified atom stereocenters. The molecule has 0 fully saturated rings. The van der Waals surface area contributed by atoms with E-state index in [4.69, 9.17) is 25.3 Å². The molecule has 4 rings (SSSR count). The van der Waals surface area contributed by atoms with Gasteiger partial charge in [-0.1, -0.05) is 28.9 Å². The molecule has 0 atom stereocenters. The van der Waals surface area contributed by atoms with Crippen molar-refractivity contribution in [2.75, 3.05) is 11.9 Å². The van der Waals surface area contributed by atoms with Crippen molar-refractivity contribution < 1.29 is 18.5 Å². The molecule has 0 aliphatic rings. The highest BCUT2D eigenvalue weighted by Crippen LogP contribution is 2.29. The number of carbonyl (C=O) groups excluding carboxylic acids is 1. The summed E-state index contributed by atoms with van der Waals surface area (Å²) in [5.74, 6) is 1.22. The van der Waals surface area contributed by atoms with E-state index in [0.717, 1.165) is 0 Å². The number of ether oxygens (including phenoxy) is 1. The quantitative estimate of drug-likeness (QED) is 0.510. The Bertz CT molecular complexity index is 1080. The van der Waals surface area contributed by atoms with Gasteiger partial charge in [0.2, 0.25) is 5.82 Å². The molecular weight excluding hydrogens is 382 g/mol. The van der Waals surface area contributed by atoms with Gasteiger partial charge < -0.3 is 19.0 Å². The van der Waals surface area contributed by atoms with Crippen LogP contribution >= 0.6 is 11.6 Å². The number of hydrogen-bond acceptors (Lipinski definition) is 6. The van der Waals surface area contributed by atoms with Crippen molar-refractivity contribution in [3.63, 3.8) is 0 Å².